The molecule has 0 aromatic heterocycles. The van der Waals surface area contributed by atoms with Crippen LogP contribution in [0.15, 0.2) is 0 Å². The first kappa shape index (κ1) is 21.6. The fourth-order valence-corrected chi connectivity index (χ4v) is 2.24. The highest BCUT2D eigenvalue weighted by molar-refractivity contribution is 6.92. The molecular weight excluding hydrogens is 253 g/mol. The second kappa shape index (κ2) is 12.1. The van der Waals surface area contributed by atoms with Gasteiger partial charge in [0.1, 0.15) is 0 Å². The molecule has 2 nitrogen and oxygen atoms in total. The SMILES string of the molecule is C1COCCN1.CCC(C)CC(C)(CC)C(C)C.P. The normalized spacial score (nSPS) is 19.7. The first-order chi connectivity index (χ1) is 8.46. The zero-order valence-electron chi connectivity index (χ0n) is 14.2. The third-order valence-electron chi connectivity index (χ3n) is 4.56. The van der Waals surface area contributed by atoms with E-state index >= 15 is 0 Å². The van der Waals surface area contributed by atoms with E-state index in [0.717, 1.165) is 38.1 Å². The summed E-state index contributed by atoms with van der Waals surface area (Å²) >= 11 is 0. The van der Waals surface area contributed by atoms with Crippen molar-refractivity contribution in [3.63, 3.8) is 0 Å². The molecule has 0 bridgehead atoms. The van der Waals surface area contributed by atoms with E-state index in [1.807, 2.05) is 0 Å². The van der Waals surface area contributed by atoms with E-state index in [2.05, 4.69) is 46.9 Å². The minimum absolute atomic E-state index is 0. The summed E-state index contributed by atoms with van der Waals surface area (Å²) in [7, 11) is 0. The van der Waals surface area contributed by atoms with Crippen LogP contribution in [-0.2, 0) is 4.74 Å². The molecule has 3 atom stereocenters. The summed E-state index contributed by atoms with van der Waals surface area (Å²) in [6, 6.07) is 0. The van der Waals surface area contributed by atoms with Crippen LogP contribution in [0.25, 0.3) is 0 Å². The Kier molecular flexibility index (Phi) is 13.8. The van der Waals surface area contributed by atoms with E-state index in [0.29, 0.717) is 5.41 Å². The smallest absolute Gasteiger partial charge is 0.0591 e. The van der Waals surface area contributed by atoms with Crippen LogP contribution in [0, 0.1) is 17.3 Å². The van der Waals surface area contributed by atoms with Gasteiger partial charge in [0.25, 0.3) is 0 Å². The summed E-state index contributed by atoms with van der Waals surface area (Å²) < 4.78 is 5.01. The van der Waals surface area contributed by atoms with Crippen molar-refractivity contribution in [1.29, 1.82) is 0 Å². The van der Waals surface area contributed by atoms with Crippen molar-refractivity contribution >= 4 is 9.90 Å². The average Bonchev–Trinajstić information content (AvgIpc) is 2.40. The van der Waals surface area contributed by atoms with Gasteiger partial charge in [0.2, 0.25) is 0 Å². The lowest BCUT2D eigenvalue weighted by atomic mass is 9.71. The summed E-state index contributed by atoms with van der Waals surface area (Å²) in [5.74, 6) is 1.70. The zero-order valence-corrected chi connectivity index (χ0v) is 15.6. The third kappa shape index (κ3) is 9.82. The van der Waals surface area contributed by atoms with Gasteiger partial charge in [0.05, 0.1) is 13.2 Å². The number of hydrogen-bond donors (Lipinski definition) is 1. The summed E-state index contributed by atoms with van der Waals surface area (Å²) in [4.78, 5) is 0. The summed E-state index contributed by atoms with van der Waals surface area (Å²) in [6.45, 7) is 18.0. The van der Waals surface area contributed by atoms with Crippen LogP contribution in [0.2, 0.25) is 0 Å². The molecule has 3 unspecified atom stereocenters. The Morgan fingerprint density at radius 2 is 1.63 bits per heavy atom. The van der Waals surface area contributed by atoms with Crippen molar-refractivity contribution in [2.24, 2.45) is 17.3 Å². The highest BCUT2D eigenvalue weighted by atomic mass is 31.0. The van der Waals surface area contributed by atoms with Gasteiger partial charge in [0.15, 0.2) is 0 Å². The highest BCUT2D eigenvalue weighted by Gasteiger charge is 2.27. The lowest BCUT2D eigenvalue weighted by Crippen LogP contribution is -2.30. The van der Waals surface area contributed by atoms with Gasteiger partial charge < -0.3 is 10.1 Å². The molecule has 0 aromatic rings. The Hall–Kier alpha value is 0.350. The molecule has 0 radical (unpaired) electrons. The van der Waals surface area contributed by atoms with Crippen LogP contribution in [-0.4, -0.2) is 26.3 Å². The van der Waals surface area contributed by atoms with Gasteiger partial charge in [-0.2, -0.15) is 9.90 Å². The Balaban J connectivity index is 0. The maximum atomic E-state index is 5.01. The molecule has 1 rings (SSSR count). The van der Waals surface area contributed by atoms with E-state index in [1.165, 1.54) is 19.3 Å². The molecule has 0 saturated carbocycles. The van der Waals surface area contributed by atoms with Crippen LogP contribution in [0.4, 0.5) is 0 Å². The Morgan fingerprint density at radius 3 is 1.84 bits per heavy atom. The molecular formula is C16H38NOP. The molecule has 0 aliphatic carbocycles. The molecule has 3 heteroatoms. The topological polar surface area (TPSA) is 21.3 Å². The summed E-state index contributed by atoms with van der Waals surface area (Å²) in [5.41, 5.74) is 0.565. The van der Waals surface area contributed by atoms with Crippen molar-refractivity contribution in [3.05, 3.63) is 0 Å². The molecule has 1 heterocycles. The molecule has 0 spiro atoms. The van der Waals surface area contributed by atoms with Gasteiger partial charge in [-0.1, -0.05) is 54.4 Å². The quantitative estimate of drug-likeness (QED) is 0.768. The molecule has 19 heavy (non-hydrogen) atoms. The van der Waals surface area contributed by atoms with Gasteiger partial charge >= 0.3 is 0 Å². The molecule has 118 valence electrons. The zero-order chi connectivity index (χ0) is 14.0. The van der Waals surface area contributed by atoms with Crippen molar-refractivity contribution in [3.8, 4) is 0 Å². The number of hydrogen-bond acceptors (Lipinski definition) is 2. The first-order valence-electron chi connectivity index (χ1n) is 7.74. The number of nitrogens with one attached hydrogen (secondary N) is 1. The van der Waals surface area contributed by atoms with Crippen molar-refractivity contribution < 1.29 is 4.74 Å². The number of rotatable bonds is 5. The van der Waals surface area contributed by atoms with Crippen LogP contribution in [0.5, 0.6) is 0 Å². The lowest BCUT2D eigenvalue weighted by molar-refractivity contribution is 0.109. The maximum Gasteiger partial charge on any atom is 0.0591 e. The predicted molar refractivity (Wildman–Crippen MR) is 92.1 cm³/mol. The summed E-state index contributed by atoms with van der Waals surface area (Å²) in [5, 5.41) is 3.16. The van der Waals surface area contributed by atoms with Crippen LogP contribution < -0.4 is 5.32 Å². The second-order valence-electron chi connectivity index (χ2n) is 6.24. The Bertz CT molecular complexity index is 184. The Morgan fingerprint density at radius 1 is 1.11 bits per heavy atom. The van der Waals surface area contributed by atoms with Gasteiger partial charge in [-0.25, -0.2) is 0 Å². The fourth-order valence-electron chi connectivity index (χ4n) is 2.24. The Labute approximate surface area is 125 Å². The average molecular weight is 291 g/mol. The molecule has 0 aromatic carbocycles. The fraction of sp³-hybridized carbons (Fsp3) is 1.00. The van der Waals surface area contributed by atoms with Gasteiger partial charge in [0, 0.05) is 13.1 Å². The number of morpholine rings is 1. The first-order valence-corrected chi connectivity index (χ1v) is 7.74. The standard InChI is InChI=1S/C12H26.C4H9NO.H3P/c1-7-11(5)9-12(6,8-2)10(3)4;1-3-6-4-2-5-1;/h10-11H,7-9H2,1-6H3;5H,1-4H2;1H3. The van der Waals surface area contributed by atoms with Crippen LogP contribution >= 0.6 is 9.90 Å². The maximum absolute atomic E-state index is 5.01. The molecule has 1 aliphatic heterocycles. The second-order valence-corrected chi connectivity index (χ2v) is 6.24. The van der Waals surface area contributed by atoms with Crippen LogP contribution in [0.1, 0.15) is 60.8 Å². The number of ether oxygens (including phenoxy) is 1. The van der Waals surface area contributed by atoms with E-state index < -0.39 is 0 Å². The molecule has 1 fully saturated rings. The van der Waals surface area contributed by atoms with Gasteiger partial charge in [-0.15, -0.1) is 0 Å². The lowest BCUT2D eigenvalue weighted by Gasteiger charge is -2.35. The van der Waals surface area contributed by atoms with E-state index in [9.17, 15) is 0 Å². The predicted octanol–water partition coefficient (Wildman–Crippen LogP) is 4.16. The highest BCUT2D eigenvalue weighted by Crippen LogP contribution is 2.37. The molecule has 0 amide bonds. The van der Waals surface area contributed by atoms with E-state index in [4.69, 9.17) is 4.74 Å². The van der Waals surface area contributed by atoms with Crippen molar-refractivity contribution in [2.45, 2.75) is 60.8 Å². The van der Waals surface area contributed by atoms with Gasteiger partial charge in [-0.3, -0.25) is 0 Å². The van der Waals surface area contributed by atoms with Crippen molar-refractivity contribution in [2.75, 3.05) is 26.3 Å². The molecule has 1 aliphatic rings. The largest absolute Gasteiger partial charge is 0.379 e. The van der Waals surface area contributed by atoms with E-state index in [1.54, 1.807) is 0 Å². The third-order valence-corrected chi connectivity index (χ3v) is 4.56. The molecule has 1 N–H and O–H groups in total. The summed E-state index contributed by atoms with van der Waals surface area (Å²) in [6.07, 6.45) is 4.02. The van der Waals surface area contributed by atoms with Crippen LogP contribution in [0.3, 0.4) is 0 Å². The monoisotopic (exact) mass is 291 g/mol. The van der Waals surface area contributed by atoms with Gasteiger partial charge in [-0.05, 0) is 23.7 Å². The molecule has 1 saturated heterocycles. The minimum atomic E-state index is 0. The minimum Gasteiger partial charge on any atom is -0.379 e. The van der Waals surface area contributed by atoms with E-state index in [-0.39, 0.29) is 9.90 Å². The van der Waals surface area contributed by atoms with Crippen molar-refractivity contribution in [1.82, 2.24) is 5.32 Å².